The Kier molecular flexibility index (Phi) is 6.99. The van der Waals surface area contributed by atoms with E-state index in [0.29, 0.717) is 0 Å². The zero-order valence-electron chi connectivity index (χ0n) is 9.34. The molecule has 15 heavy (non-hydrogen) atoms. The summed E-state index contributed by atoms with van der Waals surface area (Å²) in [6.45, 7) is 9.45. The molecule has 0 spiro atoms. The maximum atomic E-state index is 11.9. The predicted molar refractivity (Wildman–Crippen MR) is 66.9 cm³/mol. The Morgan fingerprint density at radius 2 is 2.07 bits per heavy atom. The first-order chi connectivity index (χ1) is 7.20. The third-order valence-corrected chi connectivity index (χ3v) is 2.38. The van der Waals surface area contributed by atoms with Crippen molar-refractivity contribution in [3.05, 3.63) is 23.3 Å². The minimum absolute atomic E-state index is 0.147. The van der Waals surface area contributed by atoms with Gasteiger partial charge in [-0.05, 0) is 36.9 Å². The summed E-state index contributed by atoms with van der Waals surface area (Å²) >= 11 is 4.22. The second-order valence-electron chi connectivity index (χ2n) is 2.68. The van der Waals surface area contributed by atoms with Crippen LogP contribution in [-0.4, -0.2) is 6.72 Å². The quantitative estimate of drug-likeness (QED) is 0.461. The number of nitrogens with one attached hydrogen (secondary N) is 1. The van der Waals surface area contributed by atoms with Crippen LogP contribution in [0.25, 0.3) is 0 Å². The van der Waals surface area contributed by atoms with Crippen LogP contribution < -0.4 is 5.54 Å². The molecule has 1 N–H and O–H groups in total. The molecule has 0 aliphatic rings. The number of nitrogens with zero attached hydrogens (tertiary/aromatic N) is 1. The van der Waals surface area contributed by atoms with Crippen LogP contribution in [0.5, 0.6) is 0 Å². The smallest absolute Gasteiger partial charge is 0.0655 e. The van der Waals surface area contributed by atoms with Gasteiger partial charge in [-0.15, -0.1) is 17.1 Å². The SMILES string of the molecule is C=Nc1ccc(S)c(CNF)c1C.CC. The van der Waals surface area contributed by atoms with Crippen LogP contribution in [0, 0.1) is 6.92 Å². The van der Waals surface area contributed by atoms with Gasteiger partial charge in [-0.2, -0.15) is 5.54 Å². The molecule has 0 saturated carbocycles. The zero-order valence-corrected chi connectivity index (χ0v) is 10.2. The fraction of sp³-hybridized carbons (Fsp3) is 0.364. The van der Waals surface area contributed by atoms with Crippen molar-refractivity contribution < 1.29 is 4.48 Å². The van der Waals surface area contributed by atoms with Crippen LogP contribution in [0.1, 0.15) is 25.0 Å². The maximum absolute atomic E-state index is 11.9. The zero-order chi connectivity index (χ0) is 11.8. The Labute approximate surface area is 96.0 Å². The van der Waals surface area contributed by atoms with E-state index in [1.54, 1.807) is 11.6 Å². The molecule has 0 atom stereocenters. The lowest BCUT2D eigenvalue weighted by molar-refractivity contribution is 0.328. The fourth-order valence-corrected chi connectivity index (χ4v) is 1.51. The molecule has 0 amide bonds. The molecule has 1 aromatic rings. The summed E-state index contributed by atoms with van der Waals surface area (Å²) < 4.78 is 11.9. The highest BCUT2D eigenvalue weighted by Gasteiger charge is 2.06. The molecule has 1 rings (SSSR count). The van der Waals surface area contributed by atoms with Crippen LogP contribution in [-0.2, 0) is 6.54 Å². The van der Waals surface area contributed by atoms with E-state index in [1.807, 2.05) is 26.8 Å². The highest BCUT2D eigenvalue weighted by molar-refractivity contribution is 7.80. The molecule has 4 heteroatoms. The molecular weight excluding hydrogens is 211 g/mol. The topological polar surface area (TPSA) is 24.4 Å². The molecule has 0 fully saturated rings. The summed E-state index contributed by atoms with van der Waals surface area (Å²) in [7, 11) is 0. The van der Waals surface area contributed by atoms with E-state index in [1.165, 1.54) is 0 Å². The minimum Gasteiger partial charge on any atom is -0.264 e. The molecule has 84 valence electrons. The Hall–Kier alpha value is -0.870. The van der Waals surface area contributed by atoms with Crippen LogP contribution in [0.15, 0.2) is 22.0 Å². The standard InChI is InChI=1S/C9H11FN2S.C2H6/c1-6-7(5-12-10)9(13)4-3-8(6)11-2;1-2/h3-4,12-13H,2,5H2,1H3;1-2H3. The largest absolute Gasteiger partial charge is 0.264 e. The van der Waals surface area contributed by atoms with Gasteiger partial charge in [-0.1, -0.05) is 13.8 Å². The van der Waals surface area contributed by atoms with Crippen LogP contribution in [0.4, 0.5) is 10.2 Å². The van der Waals surface area contributed by atoms with E-state index in [-0.39, 0.29) is 6.54 Å². The normalized spacial score (nSPS) is 9.13. The van der Waals surface area contributed by atoms with Crippen molar-refractivity contribution in [2.45, 2.75) is 32.2 Å². The van der Waals surface area contributed by atoms with Gasteiger partial charge in [0, 0.05) is 4.90 Å². The third kappa shape index (κ3) is 3.64. The Bertz CT molecular complexity index is 327. The number of rotatable bonds is 3. The Balaban J connectivity index is 0.000000921. The predicted octanol–water partition coefficient (Wildman–Crippen LogP) is 3.62. The van der Waals surface area contributed by atoms with E-state index in [9.17, 15) is 4.48 Å². The summed E-state index contributed by atoms with van der Waals surface area (Å²) in [6, 6.07) is 3.60. The van der Waals surface area contributed by atoms with Gasteiger partial charge in [0.1, 0.15) is 0 Å². The molecule has 2 nitrogen and oxygen atoms in total. The first-order valence-electron chi connectivity index (χ1n) is 4.82. The van der Waals surface area contributed by atoms with E-state index in [2.05, 4.69) is 24.3 Å². The summed E-state index contributed by atoms with van der Waals surface area (Å²) in [5, 5.41) is 0. The number of hydrogen-bond donors (Lipinski definition) is 2. The first kappa shape index (κ1) is 14.1. The number of halogens is 1. The average molecular weight is 228 g/mol. The van der Waals surface area contributed by atoms with E-state index in [4.69, 9.17) is 0 Å². The second kappa shape index (κ2) is 7.43. The fourth-order valence-electron chi connectivity index (χ4n) is 1.19. The van der Waals surface area contributed by atoms with E-state index < -0.39 is 0 Å². The highest BCUT2D eigenvalue weighted by atomic mass is 32.1. The molecular formula is C11H17FN2S. The van der Waals surface area contributed by atoms with Gasteiger partial charge < -0.3 is 0 Å². The van der Waals surface area contributed by atoms with Gasteiger partial charge in [-0.3, -0.25) is 4.99 Å². The van der Waals surface area contributed by atoms with Crippen molar-refractivity contribution in [2.24, 2.45) is 4.99 Å². The Morgan fingerprint density at radius 3 is 2.53 bits per heavy atom. The average Bonchev–Trinajstić information content (AvgIpc) is 2.27. The van der Waals surface area contributed by atoms with Crippen molar-refractivity contribution in [3.63, 3.8) is 0 Å². The van der Waals surface area contributed by atoms with Crippen molar-refractivity contribution >= 4 is 25.0 Å². The number of thiol groups is 1. The van der Waals surface area contributed by atoms with Gasteiger partial charge in [-0.25, -0.2) is 0 Å². The molecule has 0 heterocycles. The van der Waals surface area contributed by atoms with Crippen molar-refractivity contribution in [3.8, 4) is 0 Å². The molecule has 0 unspecified atom stereocenters. The number of hydrogen-bond acceptors (Lipinski definition) is 3. The molecule has 0 aliphatic heterocycles. The lowest BCUT2D eigenvalue weighted by Gasteiger charge is -2.09. The second-order valence-corrected chi connectivity index (χ2v) is 3.16. The third-order valence-electron chi connectivity index (χ3n) is 1.96. The Morgan fingerprint density at radius 1 is 1.47 bits per heavy atom. The van der Waals surface area contributed by atoms with Gasteiger partial charge in [0.25, 0.3) is 0 Å². The maximum Gasteiger partial charge on any atom is 0.0655 e. The summed E-state index contributed by atoms with van der Waals surface area (Å²) in [5.41, 5.74) is 4.10. The lowest BCUT2D eigenvalue weighted by Crippen LogP contribution is -2.03. The summed E-state index contributed by atoms with van der Waals surface area (Å²) in [6.07, 6.45) is 0. The highest BCUT2D eigenvalue weighted by Crippen LogP contribution is 2.26. The van der Waals surface area contributed by atoms with Gasteiger partial charge in [0.15, 0.2) is 0 Å². The molecule has 1 aromatic carbocycles. The first-order valence-corrected chi connectivity index (χ1v) is 5.27. The van der Waals surface area contributed by atoms with Gasteiger partial charge in [0.05, 0.1) is 12.2 Å². The van der Waals surface area contributed by atoms with Crippen molar-refractivity contribution in [2.75, 3.05) is 0 Å². The van der Waals surface area contributed by atoms with E-state index >= 15 is 0 Å². The minimum atomic E-state index is 0.147. The number of benzene rings is 1. The summed E-state index contributed by atoms with van der Waals surface area (Å²) in [4.78, 5) is 4.58. The van der Waals surface area contributed by atoms with Crippen LogP contribution in [0.3, 0.4) is 0 Å². The lowest BCUT2D eigenvalue weighted by atomic mass is 10.1. The molecule has 0 bridgehead atoms. The van der Waals surface area contributed by atoms with Gasteiger partial charge in [0.2, 0.25) is 0 Å². The summed E-state index contributed by atoms with van der Waals surface area (Å²) in [5.74, 6) is 0. The number of aliphatic imine (C=N–C) groups is 1. The molecule has 0 saturated heterocycles. The van der Waals surface area contributed by atoms with Crippen LogP contribution >= 0.6 is 12.6 Å². The molecule has 0 radical (unpaired) electrons. The van der Waals surface area contributed by atoms with E-state index in [0.717, 1.165) is 21.7 Å². The van der Waals surface area contributed by atoms with Gasteiger partial charge >= 0.3 is 0 Å². The monoisotopic (exact) mass is 228 g/mol. The van der Waals surface area contributed by atoms with Crippen molar-refractivity contribution in [1.82, 2.24) is 5.54 Å². The van der Waals surface area contributed by atoms with Crippen LogP contribution in [0.2, 0.25) is 0 Å². The van der Waals surface area contributed by atoms with Crippen molar-refractivity contribution in [1.29, 1.82) is 0 Å². The molecule has 0 aliphatic carbocycles. The molecule has 0 aromatic heterocycles.